The van der Waals surface area contributed by atoms with Crippen molar-refractivity contribution in [3.8, 4) is 0 Å². The second-order valence-corrected chi connectivity index (χ2v) is 6.97. The van der Waals surface area contributed by atoms with Gasteiger partial charge in [0.05, 0.1) is 40.0 Å². The molecule has 154 valence electrons. The standard InChI is InChI=1S/2C8H13O3Si.2ClH.Zr/c2*1-9-5-4-6(12)8(11-3)7(5)10-2;;;/h2*5H,1-3,12H3;2*1H;/q2*-1;;;+2. The maximum Gasteiger partial charge on any atom is 2.00 e. The van der Waals surface area contributed by atoms with Crippen LogP contribution < -0.4 is 0 Å². The van der Waals surface area contributed by atoms with Gasteiger partial charge < -0.3 is 28.4 Å². The molecule has 27 heavy (non-hydrogen) atoms. The Hall–Kier alpha value is -0.0231. The molecule has 0 saturated carbocycles. The summed E-state index contributed by atoms with van der Waals surface area (Å²) >= 11 is 0. The Kier molecular flexibility index (Phi) is 18.6. The van der Waals surface area contributed by atoms with Crippen molar-refractivity contribution < 1.29 is 54.6 Å². The second-order valence-electron chi connectivity index (χ2n) is 4.97. The summed E-state index contributed by atoms with van der Waals surface area (Å²) in [4.78, 5) is 0. The first-order valence-corrected chi connectivity index (χ1v) is 9.39. The summed E-state index contributed by atoms with van der Waals surface area (Å²) in [5.74, 6) is 3.03. The number of ether oxygens (including phenoxy) is 6. The largest absolute Gasteiger partial charge is 2.00 e. The van der Waals surface area contributed by atoms with Crippen molar-refractivity contribution in [1.82, 2.24) is 0 Å². The zero-order valence-electron chi connectivity index (χ0n) is 16.9. The molecule has 0 bridgehead atoms. The molecule has 0 aromatic heterocycles. The van der Waals surface area contributed by atoms with Crippen molar-refractivity contribution in [2.24, 2.45) is 0 Å². The van der Waals surface area contributed by atoms with E-state index in [1.54, 1.807) is 42.7 Å². The van der Waals surface area contributed by atoms with Crippen LogP contribution in [0.25, 0.3) is 0 Å². The van der Waals surface area contributed by atoms with Gasteiger partial charge in [0.25, 0.3) is 0 Å². The smallest absolute Gasteiger partial charge is 0.578 e. The maximum absolute atomic E-state index is 5.17. The van der Waals surface area contributed by atoms with E-state index in [9.17, 15) is 0 Å². The van der Waals surface area contributed by atoms with E-state index in [0.29, 0.717) is 0 Å². The molecule has 0 aromatic rings. The topological polar surface area (TPSA) is 55.4 Å². The van der Waals surface area contributed by atoms with Gasteiger partial charge in [-0.15, -0.1) is 24.8 Å². The fourth-order valence-electron chi connectivity index (χ4n) is 2.50. The van der Waals surface area contributed by atoms with Crippen LogP contribution in [0.1, 0.15) is 0 Å². The van der Waals surface area contributed by atoms with E-state index in [0.717, 1.165) is 53.9 Å². The third-order valence-electron chi connectivity index (χ3n) is 3.62. The molecule has 0 radical (unpaired) electrons. The molecule has 2 aliphatic rings. The van der Waals surface area contributed by atoms with Crippen molar-refractivity contribution in [1.29, 1.82) is 0 Å². The van der Waals surface area contributed by atoms with Gasteiger partial charge in [0.1, 0.15) is 0 Å². The van der Waals surface area contributed by atoms with E-state index < -0.39 is 0 Å². The molecule has 0 saturated heterocycles. The van der Waals surface area contributed by atoms with Crippen LogP contribution in [-0.4, -0.2) is 75.4 Å². The molecule has 0 spiro atoms. The average molecular weight is 535 g/mol. The zero-order valence-corrected chi connectivity index (χ0v) is 25.0. The molecular formula is C16H28Cl2O6Si2Zr. The molecule has 0 amide bonds. The predicted octanol–water partition coefficient (Wildman–Crippen LogP) is -0.0151. The quantitative estimate of drug-likeness (QED) is 0.353. The van der Waals surface area contributed by atoms with Crippen molar-refractivity contribution in [3.05, 3.63) is 45.6 Å². The normalized spacial score (nSPS) is 20.4. The summed E-state index contributed by atoms with van der Waals surface area (Å²) in [6.45, 7) is 0. The molecule has 0 aliphatic heterocycles. The van der Waals surface area contributed by atoms with Crippen molar-refractivity contribution >= 4 is 45.3 Å². The van der Waals surface area contributed by atoms with Crippen LogP contribution in [0.15, 0.2) is 33.4 Å². The molecule has 0 N–H and O–H groups in total. The Morgan fingerprint density at radius 2 is 0.926 bits per heavy atom. The minimum Gasteiger partial charge on any atom is -0.578 e. The minimum atomic E-state index is -0.183. The van der Waals surface area contributed by atoms with Gasteiger partial charge in [0.2, 0.25) is 0 Å². The zero-order chi connectivity index (χ0) is 18.3. The Morgan fingerprint density at radius 1 is 0.630 bits per heavy atom. The average Bonchev–Trinajstić information content (AvgIpc) is 3.09. The third-order valence-corrected chi connectivity index (χ3v) is 5.11. The van der Waals surface area contributed by atoms with Gasteiger partial charge in [-0.25, -0.2) is 12.2 Å². The van der Waals surface area contributed by atoms with Gasteiger partial charge in [-0.05, 0) is 0 Å². The summed E-state index contributed by atoms with van der Waals surface area (Å²) in [5.41, 5.74) is 0. The van der Waals surface area contributed by atoms with Gasteiger partial charge >= 0.3 is 26.2 Å². The minimum absolute atomic E-state index is 0. The van der Waals surface area contributed by atoms with Gasteiger partial charge in [-0.2, -0.15) is 10.4 Å². The van der Waals surface area contributed by atoms with Crippen LogP contribution in [0, 0.1) is 12.2 Å². The summed E-state index contributed by atoms with van der Waals surface area (Å²) < 4.78 is 30.9. The van der Waals surface area contributed by atoms with Crippen LogP contribution in [0.4, 0.5) is 0 Å². The molecule has 2 atom stereocenters. The fourth-order valence-corrected chi connectivity index (χ4v) is 3.93. The molecule has 0 aromatic carbocycles. The number of hydrogen-bond donors (Lipinski definition) is 0. The molecule has 2 aliphatic carbocycles. The van der Waals surface area contributed by atoms with Crippen LogP contribution in [0.3, 0.4) is 0 Å². The van der Waals surface area contributed by atoms with Crippen LogP contribution in [0.2, 0.25) is 0 Å². The molecule has 11 heteroatoms. The first kappa shape index (κ1) is 31.7. The monoisotopic (exact) mass is 532 g/mol. The number of halogens is 2. The van der Waals surface area contributed by atoms with Crippen LogP contribution in [-0.2, 0) is 54.6 Å². The van der Waals surface area contributed by atoms with E-state index in [1.807, 2.05) is 0 Å². The SMILES string of the molecule is COC1=C(OC)C(OC)[C-]=C1[SiH3].COC1=C(OC)C(OC)[C-]=C1[SiH3].Cl.Cl.[Zr+2]. The van der Waals surface area contributed by atoms with Crippen molar-refractivity contribution in [2.75, 3.05) is 42.7 Å². The Labute approximate surface area is 199 Å². The summed E-state index contributed by atoms with van der Waals surface area (Å²) in [6, 6.07) is 0. The third kappa shape index (κ3) is 7.72. The molecule has 0 fully saturated rings. The summed E-state index contributed by atoms with van der Waals surface area (Å²) in [5, 5.41) is 2.14. The first-order chi connectivity index (χ1) is 11.5. The number of hydrogen-bond acceptors (Lipinski definition) is 6. The number of rotatable bonds is 6. The summed E-state index contributed by atoms with van der Waals surface area (Å²) in [7, 11) is 11.5. The molecule has 2 rings (SSSR count). The maximum atomic E-state index is 5.17. The number of methoxy groups -OCH3 is 6. The van der Waals surface area contributed by atoms with Gasteiger partial charge in [0, 0.05) is 58.4 Å². The number of allylic oxidation sites excluding steroid dienone is 2. The molecular weight excluding hydrogens is 506 g/mol. The fraction of sp³-hybridized carbons (Fsp3) is 0.500. The molecule has 6 nitrogen and oxygen atoms in total. The predicted molar refractivity (Wildman–Crippen MR) is 112 cm³/mol. The molecule has 0 heterocycles. The van der Waals surface area contributed by atoms with E-state index >= 15 is 0 Å². The van der Waals surface area contributed by atoms with E-state index in [2.05, 4.69) is 12.2 Å². The Bertz CT molecular complexity index is 531. The van der Waals surface area contributed by atoms with E-state index in [4.69, 9.17) is 28.4 Å². The molecule has 2 unspecified atom stereocenters. The van der Waals surface area contributed by atoms with Gasteiger partial charge in [-0.1, -0.05) is 0 Å². The Morgan fingerprint density at radius 3 is 1.11 bits per heavy atom. The Balaban J connectivity index is -0.000000384. The van der Waals surface area contributed by atoms with Crippen molar-refractivity contribution in [3.63, 3.8) is 0 Å². The van der Waals surface area contributed by atoms with Crippen LogP contribution >= 0.6 is 24.8 Å². The van der Waals surface area contributed by atoms with Gasteiger partial charge in [0.15, 0.2) is 0 Å². The second kappa shape index (κ2) is 15.8. The van der Waals surface area contributed by atoms with E-state index in [1.165, 1.54) is 0 Å². The van der Waals surface area contributed by atoms with E-state index in [-0.39, 0.29) is 63.2 Å². The van der Waals surface area contributed by atoms with Crippen molar-refractivity contribution in [2.45, 2.75) is 12.2 Å². The first-order valence-electron chi connectivity index (χ1n) is 7.39. The van der Waals surface area contributed by atoms with Crippen LogP contribution in [0.5, 0.6) is 0 Å². The van der Waals surface area contributed by atoms with Gasteiger partial charge in [-0.3, -0.25) is 0 Å². The summed E-state index contributed by atoms with van der Waals surface area (Å²) in [6.07, 6.45) is 5.91.